The minimum absolute atomic E-state index is 0. The van der Waals surface area contributed by atoms with E-state index in [0.29, 0.717) is 17.9 Å². The molecule has 3 N–H and O–H groups in total. The second kappa shape index (κ2) is 19.3. The number of amides is 1. The summed E-state index contributed by atoms with van der Waals surface area (Å²) in [7, 11) is 0. The highest BCUT2D eigenvalue weighted by atomic mass is 35.5. The van der Waals surface area contributed by atoms with Crippen molar-refractivity contribution in [2.45, 2.75) is 56.8 Å². The van der Waals surface area contributed by atoms with E-state index in [0.717, 1.165) is 49.2 Å². The molecule has 62 heavy (non-hydrogen) atoms. The fraction of sp³-hybridized carbons (Fsp3) is 0.341. The number of hydrogen-bond donors (Lipinski definition) is 2. The Hall–Kier alpha value is -6.14. The van der Waals surface area contributed by atoms with Crippen LogP contribution in [0.4, 0.5) is 20.2 Å². The van der Waals surface area contributed by atoms with Crippen LogP contribution < -0.4 is 31.3 Å². The van der Waals surface area contributed by atoms with E-state index in [9.17, 15) is 18.4 Å². The zero-order chi connectivity index (χ0) is 42.5. The molecule has 8 rings (SSSR count). The van der Waals surface area contributed by atoms with Gasteiger partial charge >= 0.3 is 5.69 Å². The van der Waals surface area contributed by atoms with Crippen LogP contribution in [0.1, 0.15) is 31.0 Å². The zero-order valence-corrected chi connectivity index (χ0v) is 35.1. The van der Waals surface area contributed by atoms with Crippen molar-refractivity contribution in [2.75, 3.05) is 49.2 Å². The summed E-state index contributed by atoms with van der Waals surface area (Å²) in [6, 6.07) is 27.1. The van der Waals surface area contributed by atoms with E-state index in [1.54, 1.807) is 0 Å². The molecule has 5 atom stereocenters. The van der Waals surface area contributed by atoms with Crippen LogP contribution in [0.2, 0.25) is 0 Å². The van der Waals surface area contributed by atoms with Gasteiger partial charge < -0.3 is 35.1 Å². The predicted molar refractivity (Wildman–Crippen MR) is 231 cm³/mol. The molecule has 1 amide bonds. The van der Waals surface area contributed by atoms with E-state index in [1.807, 2.05) is 92.7 Å². The van der Waals surface area contributed by atoms with Crippen LogP contribution in [0.5, 0.6) is 5.75 Å². The van der Waals surface area contributed by atoms with Crippen LogP contribution in [0, 0.1) is 11.6 Å². The Balaban J connectivity index is 0.00000578. The number of rotatable bonds is 15. The van der Waals surface area contributed by atoms with Gasteiger partial charge in [-0.15, -0.1) is 12.4 Å². The van der Waals surface area contributed by atoms with Gasteiger partial charge in [0.1, 0.15) is 55.6 Å². The van der Waals surface area contributed by atoms with Crippen LogP contribution >= 0.6 is 12.4 Å². The lowest BCUT2D eigenvalue weighted by Gasteiger charge is -2.37. The maximum atomic E-state index is 14.9. The van der Waals surface area contributed by atoms with Crippen LogP contribution in [0.3, 0.4) is 0 Å². The molecule has 0 spiro atoms. The van der Waals surface area contributed by atoms with E-state index < -0.39 is 35.6 Å². The summed E-state index contributed by atoms with van der Waals surface area (Å²) in [6.07, 6.45) is 4.22. The monoisotopic (exact) mass is 870 g/mol. The molecule has 2 fully saturated rings. The highest BCUT2D eigenvalue weighted by molar-refractivity contribution is 5.85. The van der Waals surface area contributed by atoms with Crippen LogP contribution in [0.15, 0.2) is 121 Å². The molecule has 326 valence electrons. The Kier molecular flexibility index (Phi) is 13.7. The predicted octanol–water partition coefficient (Wildman–Crippen LogP) is 4.64. The number of benzene rings is 4. The highest BCUT2D eigenvalue weighted by Gasteiger charge is 2.46. The third-order valence-electron chi connectivity index (χ3n) is 11.3. The molecule has 2 aromatic heterocycles. The van der Waals surface area contributed by atoms with E-state index in [2.05, 4.69) is 30.3 Å². The molecule has 4 aromatic carbocycles. The highest BCUT2D eigenvalue weighted by Crippen LogP contribution is 2.38. The van der Waals surface area contributed by atoms with Crippen molar-refractivity contribution in [3.8, 4) is 11.4 Å². The number of hydrogen-bond acceptors (Lipinski definition) is 11. The van der Waals surface area contributed by atoms with Gasteiger partial charge in [0, 0.05) is 55.2 Å². The summed E-state index contributed by atoms with van der Waals surface area (Å²) in [4.78, 5) is 34.9. The Morgan fingerprint density at radius 2 is 1.56 bits per heavy atom. The first kappa shape index (κ1) is 43.9. The fourth-order valence-electron chi connectivity index (χ4n) is 7.67. The largest absolute Gasteiger partial charge is 0.491 e. The summed E-state index contributed by atoms with van der Waals surface area (Å²) >= 11 is 0. The number of piperazine rings is 1. The summed E-state index contributed by atoms with van der Waals surface area (Å²) in [6.45, 7) is 7.19. The molecule has 2 aliphatic heterocycles. The van der Waals surface area contributed by atoms with E-state index in [4.69, 9.17) is 19.9 Å². The molecule has 18 heteroatoms. The molecule has 0 bridgehead atoms. The zero-order valence-electron chi connectivity index (χ0n) is 34.3. The molecule has 1 unspecified atom stereocenters. The van der Waals surface area contributed by atoms with Crippen molar-refractivity contribution in [1.82, 2.24) is 34.4 Å². The molecule has 6 aromatic rings. The van der Waals surface area contributed by atoms with Crippen molar-refractivity contribution >= 4 is 29.7 Å². The number of anilines is 2. The quantitative estimate of drug-likeness (QED) is 0.148. The van der Waals surface area contributed by atoms with E-state index in [-0.39, 0.29) is 55.4 Å². The Bertz CT molecular complexity index is 2450. The maximum Gasteiger partial charge on any atom is 0.350 e. The van der Waals surface area contributed by atoms with Crippen molar-refractivity contribution in [1.29, 1.82) is 0 Å². The minimum atomic E-state index is -1.53. The lowest BCUT2D eigenvalue weighted by Crippen LogP contribution is -2.48. The van der Waals surface area contributed by atoms with Gasteiger partial charge in [-0.2, -0.15) is 10.2 Å². The summed E-state index contributed by atoms with van der Waals surface area (Å²) in [5, 5.41) is 11.4. The number of ether oxygens (including phenoxy) is 3. The van der Waals surface area contributed by atoms with Gasteiger partial charge in [0.2, 0.25) is 11.7 Å². The third-order valence-corrected chi connectivity index (χ3v) is 11.3. The lowest BCUT2D eigenvalue weighted by atomic mass is 10.0. The van der Waals surface area contributed by atoms with Gasteiger partial charge in [0.15, 0.2) is 0 Å². The third kappa shape index (κ3) is 9.81. The fourth-order valence-corrected chi connectivity index (χ4v) is 7.67. The smallest absolute Gasteiger partial charge is 0.350 e. The molecule has 0 radical (unpaired) electrons. The average molecular weight is 871 g/mol. The van der Waals surface area contributed by atoms with Crippen molar-refractivity contribution in [2.24, 2.45) is 5.73 Å². The topological polar surface area (TPSA) is 160 Å². The summed E-state index contributed by atoms with van der Waals surface area (Å²) in [5.74, 6) is -2.65. The van der Waals surface area contributed by atoms with Gasteiger partial charge in [-0.1, -0.05) is 30.3 Å². The first-order chi connectivity index (χ1) is 29.5. The van der Waals surface area contributed by atoms with Gasteiger partial charge in [-0.3, -0.25) is 4.79 Å². The number of carbonyl (C=O) groups is 1. The molecular formula is C44H49ClF2N10O5. The van der Waals surface area contributed by atoms with E-state index in [1.165, 1.54) is 45.0 Å². The summed E-state index contributed by atoms with van der Waals surface area (Å²) < 4.78 is 51.4. The van der Waals surface area contributed by atoms with Crippen LogP contribution in [-0.2, 0) is 33.0 Å². The lowest BCUT2D eigenvalue weighted by molar-refractivity contribution is -0.192. The van der Waals surface area contributed by atoms with Gasteiger partial charge in [-0.25, -0.2) is 32.5 Å². The Morgan fingerprint density at radius 1 is 0.903 bits per heavy atom. The first-order valence-corrected chi connectivity index (χ1v) is 20.2. The SMILES string of the molecule is C[C@H](NC(=O)C(N)Cc1ccccc1)[C@H](C)n1ncn(-c2ccc(N3CCN(c4ccc(OC[C@H]5CO[C@@](Cn6cncn6)(c6ccc(F)cc6F)O5)cc4)CC3)cc2)c1=O.Cl. The Labute approximate surface area is 363 Å². The molecule has 0 saturated carbocycles. The first-order valence-electron chi connectivity index (χ1n) is 20.2. The number of nitrogens with zero attached hydrogens (tertiary/aromatic N) is 8. The number of carbonyl (C=O) groups excluding carboxylic acids is 1. The van der Waals surface area contributed by atoms with Crippen molar-refractivity contribution < 1.29 is 27.8 Å². The standard InChI is InChI=1S/C44H48F2N10O5.ClH/c1-30(51-42(57)41(47)22-32-6-4-3-5-7-32)31(2)56-43(58)55(29-50-56)36-11-9-34(10-12-36)52-18-20-53(21-19-52)35-13-15-37(16-14-35)59-24-38-25-60-44(61-38,26-54-28-48-27-49-54)39-17-8-33(45)23-40(39)46;/h3-17,23,27-31,38,41H,18-22,24-26,47H2,1-2H3,(H,51,57);1H/t30-,31-,38-,41?,44+;/m0./s1. The molecule has 4 heterocycles. The van der Waals surface area contributed by atoms with Crippen LogP contribution in [-0.4, -0.2) is 92.6 Å². The summed E-state index contributed by atoms with van der Waals surface area (Å²) in [5.41, 5.74) is 9.72. The molecule has 2 saturated heterocycles. The number of aromatic nitrogens is 6. The molecule has 2 aliphatic rings. The molecule has 15 nitrogen and oxygen atoms in total. The van der Waals surface area contributed by atoms with Crippen LogP contribution in [0.25, 0.3) is 5.69 Å². The average Bonchev–Trinajstić information content (AvgIpc) is 4.04. The Morgan fingerprint density at radius 3 is 2.21 bits per heavy atom. The molecule has 0 aliphatic carbocycles. The number of nitrogens with one attached hydrogen (secondary N) is 1. The van der Waals surface area contributed by atoms with Crippen molar-refractivity contribution in [3.05, 3.63) is 149 Å². The normalized spacial score (nSPS) is 19.1. The minimum Gasteiger partial charge on any atom is -0.491 e. The van der Waals surface area contributed by atoms with Gasteiger partial charge in [-0.05, 0) is 86.5 Å². The van der Waals surface area contributed by atoms with Crippen molar-refractivity contribution in [3.63, 3.8) is 0 Å². The number of halogens is 3. The second-order valence-corrected chi connectivity index (χ2v) is 15.4. The van der Waals surface area contributed by atoms with Gasteiger partial charge in [0.05, 0.1) is 24.4 Å². The second-order valence-electron chi connectivity index (χ2n) is 15.4. The van der Waals surface area contributed by atoms with E-state index >= 15 is 0 Å². The number of nitrogens with two attached hydrogens (primary N) is 1. The maximum absolute atomic E-state index is 14.9. The van der Waals surface area contributed by atoms with Gasteiger partial charge in [0.25, 0.3) is 0 Å². The molecular weight excluding hydrogens is 822 g/mol.